The average Bonchev–Trinajstić information content (AvgIpc) is 3.59. The number of alkyl halides is 2. The zero-order valence-electron chi connectivity index (χ0n) is 22.9. The van der Waals surface area contributed by atoms with Crippen molar-refractivity contribution >= 4 is 22.8 Å². The minimum absolute atomic E-state index is 0.00281. The molecule has 214 valence electrons. The molecule has 0 unspecified atom stereocenters. The second-order valence-electron chi connectivity index (χ2n) is 12.1. The van der Waals surface area contributed by atoms with Gasteiger partial charge < -0.3 is 24.5 Å². The van der Waals surface area contributed by atoms with Crippen LogP contribution in [-0.2, 0) is 9.53 Å². The number of furan rings is 1. The summed E-state index contributed by atoms with van der Waals surface area (Å²) in [6.45, 7) is 4.12. The quantitative estimate of drug-likeness (QED) is 0.355. The SMILES string of the molecule is C#CC1(NC(=O)C2(NC(=O)c3cc4ccc(-c5ccc(OCC6(C)COC6)cc5)cc4o3)CCC(F)(F)CC2)CC1. The fourth-order valence-electron chi connectivity index (χ4n) is 5.36. The number of hydrogen-bond donors (Lipinski definition) is 2. The van der Waals surface area contributed by atoms with Gasteiger partial charge in [0, 0.05) is 23.6 Å². The third kappa shape index (κ3) is 5.53. The Labute approximate surface area is 236 Å². The van der Waals surface area contributed by atoms with E-state index >= 15 is 0 Å². The zero-order chi connectivity index (χ0) is 28.9. The van der Waals surface area contributed by atoms with Crippen molar-refractivity contribution in [3.63, 3.8) is 0 Å². The summed E-state index contributed by atoms with van der Waals surface area (Å²) in [6, 6.07) is 14.9. The van der Waals surface area contributed by atoms with Crippen molar-refractivity contribution in [3.8, 4) is 29.2 Å². The van der Waals surface area contributed by atoms with Gasteiger partial charge in [-0.1, -0.05) is 37.1 Å². The van der Waals surface area contributed by atoms with Gasteiger partial charge in [0.15, 0.2) is 5.76 Å². The molecule has 1 aliphatic heterocycles. The Morgan fingerprint density at radius 3 is 2.24 bits per heavy atom. The topological polar surface area (TPSA) is 89.8 Å². The molecule has 41 heavy (non-hydrogen) atoms. The first-order chi connectivity index (χ1) is 19.5. The Kier molecular flexibility index (Phi) is 6.57. The number of amides is 2. The van der Waals surface area contributed by atoms with Crippen LogP contribution in [0, 0.1) is 17.8 Å². The number of halogens is 2. The highest BCUT2D eigenvalue weighted by atomic mass is 19.3. The molecular formula is C32H32F2N2O5. The maximum Gasteiger partial charge on any atom is 0.287 e. The summed E-state index contributed by atoms with van der Waals surface area (Å²) >= 11 is 0. The van der Waals surface area contributed by atoms with E-state index in [0.29, 0.717) is 43.6 Å². The summed E-state index contributed by atoms with van der Waals surface area (Å²) in [4.78, 5) is 26.6. The number of ether oxygens (including phenoxy) is 2. The fraction of sp³-hybridized carbons (Fsp3) is 0.438. The average molecular weight is 563 g/mol. The summed E-state index contributed by atoms with van der Waals surface area (Å²) < 4.78 is 45.1. The maximum absolute atomic E-state index is 14.0. The van der Waals surface area contributed by atoms with Gasteiger partial charge in [0.25, 0.3) is 5.91 Å². The van der Waals surface area contributed by atoms with Gasteiger partial charge in [-0.05, 0) is 61.1 Å². The van der Waals surface area contributed by atoms with Crippen molar-refractivity contribution in [2.24, 2.45) is 5.41 Å². The van der Waals surface area contributed by atoms with Crippen LogP contribution in [0.5, 0.6) is 5.75 Å². The van der Waals surface area contributed by atoms with Crippen LogP contribution in [0.1, 0.15) is 56.0 Å². The molecule has 2 aromatic carbocycles. The second-order valence-corrected chi connectivity index (χ2v) is 12.1. The number of rotatable bonds is 8. The third-order valence-electron chi connectivity index (χ3n) is 8.42. The molecule has 7 nitrogen and oxygen atoms in total. The molecule has 0 bridgehead atoms. The number of terminal acetylenes is 1. The van der Waals surface area contributed by atoms with E-state index in [9.17, 15) is 18.4 Å². The number of hydrogen-bond acceptors (Lipinski definition) is 5. The molecule has 6 rings (SSSR count). The Morgan fingerprint density at radius 2 is 1.63 bits per heavy atom. The standard InChI is InChI=1S/C32H32F2N2O5/c1-3-30(10-11-30)36-28(38)31(12-14-32(33,34)15-13-31)35-27(37)26-17-23-5-4-22(16-25(23)41-26)21-6-8-24(9-7-21)40-20-29(2)18-39-19-29/h1,4-9,16-17H,10-15,18-20H2,2H3,(H,35,37)(H,36,38). The largest absolute Gasteiger partial charge is 0.493 e. The second kappa shape index (κ2) is 9.88. The normalized spacial score (nSPS) is 21.2. The molecule has 2 N–H and O–H groups in total. The Bertz CT molecular complexity index is 1520. The van der Waals surface area contributed by atoms with E-state index < -0.39 is 41.7 Å². The predicted octanol–water partition coefficient (Wildman–Crippen LogP) is 5.48. The van der Waals surface area contributed by atoms with Crippen LogP contribution >= 0.6 is 0 Å². The van der Waals surface area contributed by atoms with E-state index in [1.54, 1.807) is 6.07 Å². The van der Waals surface area contributed by atoms with Crippen LogP contribution in [0.25, 0.3) is 22.1 Å². The van der Waals surface area contributed by atoms with Crippen molar-refractivity contribution < 1.29 is 32.3 Å². The molecule has 3 aromatic rings. The Morgan fingerprint density at radius 1 is 0.951 bits per heavy atom. The first-order valence-corrected chi connectivity index (χ1v) is 13.9. The van der Waals surface area contributed by atoms with Gasteiger partial charge in [0.2, 0.25) is 11.8 Å². The monoisotopic (exact) mass is 562 g/mol. The zero-order valence-corrected chi connectivity index (χ0v) is 22.9. The molecule has 2 heterocycles. The molecule has 0 radical (unpaired) electrons. The molecule has 0 spiro atoms. The van der Waals surface area contributed by atoms with E-state index in [-0.39, 0.29) is 24.0 Å². The number of carbonyl (C=O) groups is 2. The van der Waals surface area contributed by atoms with Crippen molar-refractivity contribution in [2.45, 2.75) is 62.4 Å². The third-order valence-corrected chi connectivity index (χ3v) is 8.42. The molecule has 1 aromatic heterocycles. The summed E-state index contributed by atoms with van der Waals surface area (Å²) in [6.07, 6.45) is 5.39. The van der Waals surface area contributed by atoms with E-state index in [1.165, 1.54) is 0 Å². The van der Waals surface area contributed by atoms with Crippen LogP contribution in [0.15, 0.2) is 52.9 Å². The van der Waals surface area contributed by atoms with E-state index in [4.69, 9.17) is 20.3 Å². The van der Waals surface area contributed by atoms with Gasteiger partial charge in [-0.25, -0.2) is 8.78 Å². The van der Waals surface area contributed by atoms with Crippen molar-refractivity contribution in [1.82, 2.24) is 10.6 Å². The molecule has 1 saturated heterocycles. The molecule has 3 aliphatic rings. The lowest BCUT2D eigenvalue weighted by molar-refractivity contribution is -0.133. The van der Waals surface area contributed by atoms with Crippen LogP contribution in [-0.4, -0.2) is 48.6 Å². The van der Waals surface area contributed by atoms with E-state index in [2.05, 4.69) is 23.5 Å². The molecule has 2 amide bonds. The highest BCUT2D eigenvalue weighted by molar-refractivity contribution is 6.00. The van der Waals surface area contributed by atoms with Crippen molar-refractivity contribution in [2.75, 3.05) is 19.8 Å². The highest BCUT2D eigenvalue weighted by Gasteiger charge is 2.52. The molecule has 2 aliphatic carbocycles. The van der Waals surface area contributed by atoms with Crippen molar-refractivity contribution in [3.05, 3.63) is 54.3 Å². The van der Waals surface area contributed by atoms with Gasteiger partial charge in [0.05, 0.1) is 19.8 Å². The lowest BCUT2D eigenvalue weighted by Gasteiger charge is -2.39. The molecule has 9 heteroatoms. The predicted molar refractivity (Wildman–Crippen MR) is 149 cm³/mol. The minimum Gasteiger partial charge on any atom is -0.493 e. The van der Waals surface area contributed by atoms with Crippen LogP contribution in [0.3, 0.4) is 0 Å². The van der Waals surface area contributed by atoms with Crippen molar-refractivity contribution in [1.29, 1.82) is 0 Å². The lowest BCUT2D eigenvalue weighted by atomic mass is 9.78. The highest BCUT2D eigenvalue weighted by Crippen LogP contribution is 2.41. The smallest absolute Gasteiger partial charge is 0.287 e. The van der Waals surface area contributed by atoms with Gasteiger partial charge >= 0.3 is 0 Å². The summed E-state index contributed by atoms with van der Waals surface area (Å²) in [7, 11) is 0. The molecule has 0 atom stereocenters. The number of nitrogens with one attached hydrogen (secondary N) is 2. The first-order valence-electron chi connectivity index (χ1n) is 13.9. The summed E-state index contributed by atoms with van der Waals surface area (Å²) in [5, 5.41) is 6.25. The minimum atomic E-state index is -2.89. The van der Waals surface area contributed by atoms with Gasteiger partial charge in [-0.15, -0.1) is 6.42 Å². The first kappa shape index (κ1) is 27.3. The Hall–Kier alpha value is -3.90. The fourth-order valence-corrected chi connectivity index (χ4v) is 5.36. The molecule has 2 saturated carbocycles. The van der Waals surface area contributed by atoms with E-state index in [1.807, 2.05) is 42.5 Å². The Balaban J connectivity index is 1.18. The van der Waals surface area contributed by atoms with Crippen LogP contribution in [0.2, 0.25) is 0 Å². The van der Waals surface area contributed by atoms with Crippen LogP contribution in [0.4, 0.5) is 8.78 Å². The van der Waals surface area contributed by atoms with Crippen LogP contribution < -0.4 is 15.4 Å². The number of carbonyl (C=O) groups excluding carboxylic acids is 2. The van der Waals surface area contributed by atoms with Gasteiger partial charge in [-0.2, -0.15) is 0 Å². The molecule has 3 fully saturated rings. The number of fused-ring (bicyclic) bond motifs is 1. The van der Waals surface area contributed by atoms with Gasteiger partial charge in [0.1, 0.15) is 22.4 Å². The number of benzene rings is 2. The van der Waals surface area contributed by atoms with Gasteiger partial charge in [-0.3, -0.25) is 9.59 Å². The van der Waals surface area contributed by atoms with E-state index in [0.717, 1.165) is 16.9 Å². The lowest BCUT2D eigenvalue weighted by Crippen LogP contribution is -2.62. The molecular weight excluding hydrogens is 530 g/mol. The summed E-state index contributed by atoms with van der Waals surface area (Å²) in [5.74, 6) is -0.712. The summed E-state index contributed by atoms with van der Waals surface area (Å²) in [5.41, 5.74) is 0.115. The maximum atomic E-state index is 14.0.